The standard InChI is InChI=1S/C10H3F6N5OS/c11-9(12,13)4-1-5(10(14,15)16)19-8(18-4)20-7-3(2-17)6(22)21-23-7/h1H,(H,21,22)(H,18,19,20). The lowest BCUT2D eigenvalue weighted by Crippen LogP contribution is -2.16. The van der Waals surface area contributed by atoms with Crippen molar-refractivity contribution in [3.05, 3.63) is 33.4 Å². The second-order valence-corrected chi connectivity index (χ2v) is 4.75. The van der Waals surface area contributed by atoms with Gasteiger partial charge in [0.1, 0.15) is 11.1 Å². The molecule has 0 saturated carbocycles. The van der Waals surface area contributed by atoms with Gasteiger partial charge in [0.05, 0.1) is 0 Å². The second-order valence-electron chi connectivity index (χ2n) is 3.93. The van der Waals surface area contributed by atoms with Crippen LogP contribution >= 0.6 is 11.5 Å². The number of nitrogens with one attached hydrogen (secondary N) is 2. The molecule has 13 heteroatoms. The summed E-state index contributed by atoms with van der Waals surface area (Å²) in [6.45, 7) is 0. The van der Waals surface area contributed by atoms with Crippen LogP contribution in [0.25, 0.3) is 0 Å². The van der Waals surface area contributed by atoms with Crippen molar-refractivity contribution in [2.45, 2.75) is 12.4 Å². The lowest BCUT2D eigenvalue weighted by molar-refractivity contribution is -0.147. The number of nitrogens with zero attached hydrogens (tertiary/aromatic N) is 3. The number of halogens is 6. The minimum atomic E-state index is -5.14. The molecule has 2 aromatic heterocycles. The Morgan fingerprint density at radius 3 is 2.09 bits per heavy atom. The number of nitriles is 1. The molecule has 0 unspecified atom stereocenters. The highest BCUT2D eigenvalue weighted by molar-refractivity contribution is 7.10. The van der Waals surface area contributed by atoms with E-state index in [1.165, 1.54) is 6.07 Å². The van der Waals surface area contributed by atoms with Crippen LogP contribution in [0.15, 0.2) is 10.9 Å². The normalized spacial score (nSPS) is 12.0. The number of H-pyrrole nitrogens is 1. The van der Waals surface area contributed by atoms with Crippen LogP contribution < -0.4 is 10.9 Å². The Bertz CT molecular complexity index is 798. The molecule has 2 rings (SSSR count). The zero-order chi connectivity index (χ0) is 17.4. The molecule has 122 valence electrons. The van der Waals surface area contributed by atoms with Crippen molar-refractivity contribution in [2.24, 2.45) is 0 Å². The minimum Gasteiger partial charge on any atom is -0.313 e. The van der Waals surface area contributed by atoms with E-state index in [1.54, 1.807) is 0 Å². The van der Waals surface area contributed by atoms with E-state index in [0.717, 1.165) is 0 Å². The maximum atomic E-state index is 12.6. The van der Waals surface area contributed by atoms with Crippen molar-refractivity contribution in [1.29, 1.82) is 5.26 Å². The molecule has 0 aliphatic rings. The van der Waals surface area contributed by atoms with Crippen LogP contribution in [0.2, 0.25) is 0 Å². The Morgan fingerprint density at radius 1 is 1.13 bits per heavy atom. The van der Waals surface area contributed by atoms with Crippen molar-refractivity contribution in [2.75, 3.05) is 5.32 Å². The quantitative estimate of drug-likeness (QED) is 0.808. The first-order chi connectivity index (χ1) is 10.5. The van der Waals surface area contributed by atoms with Crippen LogP contribution in [-0.2, 0) is 12.4 Å². The first kappa shape index (κ1) is 16.7. The molecule has 0 aliphatic carbocycles. The maximum absolute atomic E-state index is 12.6. The summed E-state index contributed by atoms with van der Waals surface area (Å²) in [4.78, 5) is 17.1. The van der Waals surface area contributed by atoms with E-state index in [1.807, 2.05) is 5.32 Å². The number of aromatic nitrogens is 3. The van der Waals surface area contributed by atoms with E-state index in [2.05, 4.69) is 14.3 Å². The summed E-state index contributed by atoms with van der Waals surface area (Å²) in [7, 11) is 0. The van der Waals surface area contributed by atoms with Crippen molar-refractivity contribution < 1.29 is 26.3 Å². The molecule has 0 saturated heterocycles. The highest BCUT2D eigenvalue weighted by Gasteiger charge is 2.39. The fourth-order valence-corrected chi connectivity index (χ4v) is 2.07. The van der Waals surface area contributed by atoms with Gasteiger partial charge in [0.2, 0.25) is 5.95 Å². The largest absolute Gasteiger partial charge is 0.433 e. The number of hydrogen-bond acceptors (Lipinski definition) is 6. The van der Waals surface area contributed by atoms with Gasteiger partial charge in [0, 0.05) is 0 Å². The number of aromatic amines is 1. The Labute approximate surface area is 126 Å². The molecule has 0 radical (unpaired) electrons. The third kappa shape index (κ3) is 3.59. The van der Waals surface area contributed by atoms with Crippen molar-refractivity contribution in [1.82, 2.24) is 14.3 Å². The predicted octanol–water partition coefficient (Wildman–Crippen LogP) is 2.88. The Hall–Kier alpha value is -2.62. The van der Waals surface area contributed by atoms with Crippen molar-refractivity contribution in [3.8, 4) is 6.07 Å². The molecule has 0 amide bonds. The molecule has 2 heterocycles. The van der Waals surface area contributed by atoms with Crippen LogP contribution in [0.1, 0.15) is 17.0 Å². The maximum Gasteiger partial charge on any atom is 0.433 e. The fourth-order valence-electron chi connectivity index (χ4n) is 1.39. The summed E-state index contributed by atoms with van der Waals surface area (Å²) >= 11 is 0.509. The molecule has 0 atom stereocenters. The highest BCUT2D eigenvalue weighted by Crippen LogP contribution is 2.34. The predicted molar refractivity (Wildman–Crippen MR) is 65.0 cm³/mol. The van der Waals surface area contributed by atoms with E-state index in [-0.39, 0.29) is 11.1 Å². The Kier molecular flexibility index (Phi) is 4.03. The summed E-state index contributed by atoms with van der Waals surface area (Å²) in [5.41, 5.74) is -4.99. The van der Waals surface area contributed by atoms with Crippen LogP contribution in [0.5, 0.6) is 0 Å². The summed E-state index contributed by atoms with van der Waals surface area (Å²) in [5.74, 6) is -1.04. The highest BCUT2D eigenvalue weighted by atomic mass is 32.1. The van der Waals surface area contributed by atoms with Crippen LogP contribution in [-0.4, -0.2) is 14.3 Å². The average Bonchev–Trinajstić information content (AvgIpc) is 2.76. The fraction of sp³-hybridized carbons (Fsp3) is 0.200. The molecule has 2 aromatic rings. The van der Waals surface area contributed by atoms with E-state index < -0.39 is 40.8 Å². The summed E-state index contributed by atoms with van der Waals surface area (Å²) < 4.78 is 77.9. The zero-order valence-electron chi connectivity index (χ0n) is 10.5. The molecule has 0 fully saturated rings. The van der Waals surface area contributed by atoms with E-state index >= 15 is 0 Å². The third-order valence-corrected chi connectivity index (χ3v) is 3.14. The van der Waals surface area contributed by atoms with Gasteiger partial charge in [-0.1, -0.05) is 0 Å². The van der Waals surface area contributed by atoms with Crippen molar-refractivity contribution in [3.63, 3.8) is 0 Å². The Morgan fingerprint density at radius 2 is 1.65 bits per heavy atom. The smallest absolute Gasteiger partial charge is 0.313 e. The molecule has 2 N–H and O–H groups in total. The first-order valence-corrected chi connectivity index (χ1v) is 6.26. The summed E-state index contributed by atoms with van der Waals surface area (Å²) in [6, 6.07) is 1.22. The third-order valence-electron chi connectivity index (χ3n) is 2.34. The molecule has 23 heavy (non-hydrogen) atoms. The molecule has 0 aromatic carbocycles. The van der Waals surface area contributed by atoms with Crippen LogP contribution in [0.3, 0.4) is 0 Å². The van der Waals surface area contributed by atoms with Gasteiger partial charge in [-0.15, -0.1) is 0 Å². The summed E-state index contributed by atoms with van der Waals surface area (Å²) in [6.07, 6.45) is -10.3. The van der Waals surface area contributed by atoms with Crippen LogP contribution in [0.4, 0.5) is 37.3 Å². The molecule has 0 spiro atoms. The van der Waals surface area contributed by atoms with Gasteiger partial charge >= 0.3 is 12.4 Å². The number of alkyl halides is 6. The first-order valence-electron chi connectivity index (χ1n) is 5.44. The Balaban J connectivity index is 2.54. The van der Waals surface area contributed by atoms with Crippen molar-refractivity contribution >= 4 is 22.5 Å². The van der Waals surface area contributed by atoms with Gasteiger partial charge in [-0.2, -0.15) is 31.6 Å². The monoisotopic (exact) mass is 355 g/mol. The molecular weight excluding hydrogens is 352 g/mol. The number of anilines is 2. The van der Waals surface area contributed by atoms with Crippen LogP contribution in [0, 0.1) is 11.3 Å². The average molecular weight is 355 g/mol. The molecule has 0 bridgehead atoms. The van der Waals surface area contributed by atoms with Gasteiger partial charge in [0.15, 0.2) is 17.0 Å². The van der Waals surface area contributed by atoms with Gasteiger partial charge in [0.25, 0.3) is 5.56 Å². The minimum absolute atomic E-state index is 0.240. The zero-order valence-corrected chi connectivity index (χ0v) is 11.3. The SMILES string of the molecule is N#Cc1c(Nc2nc(C(F)(F)F)cc(C(F)(F)F)n2)s[nH]c1=O. The van der Waals surface area contributed by atoms with E-state index in [9.17, 15) is 31.1 Å². The molecular formula is C10H3F6N5OS. The topological polar surface area (TPSA) is 94.5 Å². The van der Waals surface area contributed by atoms with Gasteiger partial charge in [-0.05, 0) is 17.6 Å². The summed E-state index contributed by atoms with van der Waals surface area (Å²) in [5, 5.41) is 10.4. The van der Waals surface area contributed by atoms with E-state index in [0.29, 0.717) is 11.5 Å². The lowest BCUT2D eigenvalue weighted by Gasteiger charge is -2.12. The van der Waals surface area contributed by atoms with E-state index in [4.69, 9.17) is 5.26 Å². The molecule has 0 aliphatic heterocycles. The number of rotatable bonds is 2. The van der Waals surface area contributed by atoms with Gasteiger partial charge in [-0.25, -0.2) is 9.97 Å². The molecule has 6 nitrogen and oxygen atoms in total. The van der Waals surface area contributed by atoms with Gasteiger partial charge < -0.3 is 5.32 Å². The second kappa shape index (κ2) is 5.54. The van der Waals surface area contributed by atoms with Gasteiger partial charge in [-0.3, -0.25) is 9.17 Å². The lowest BCUT2D eigenvalue weighted by atomic mass is 10.3. The number of hydrogen-bond donors (Lipinski definition) is 2.